The molecule has 14 rings (SSSR count). The predicted octanol–water partition coefficient (Wildman–Crippen LogP) is 21.2. The number of halogens is 3. The number of carbonyl (C=O) groups excluding carboxylic acids is 3. The van der Waals surface area contributed by atoms with Crippen LogP contribution in [-0.2, 0) is 76.5 Å². The minimum atomic E-state index is -3.63. The molecular formula is C116H158Cl2IN5O20S3Si2. The zero-order valence-electron chi connectivity index (χ0n) is 89.3. The molecule has 0 unspecified atom stereocenters. The lowest BCUT2D eigenvalue weighted by Crippen LogP contribution is -2.66. The van der Waals surface area contributed by atoms with E-state index in [1.54, 1.807) is 84.9 Å². The first-order chi connectivity index (χ1) is 70.7. The largest absolute Gasteiger partial charge is 0.495 e. The normalized spacial score (nSPS) is 23.9. The van der Waals surface area contributed by atoms with Crippen LogP contribution < -0.4 is 40.8 Å². The fraction of sp³-hybridized carbons (Fsp3) is 0.526. The van der Waals surface area contributed by atoms with Crippen molar-refractivity contribution in [2.24, 2.45) is 46.4 Å². The number of nitrogens with zero attached hydrogens (tertiary/aromatic N) is 2. The highest BCUT2D eigenvalue weighted by Crippen LogP contribution is 2.46. The Hall–Kier alpha value is -8.42. The van der Waals surface area contributed by atoms with Gasteiger partial charge in [-0.2, -0.15) is 5.26 Å². The Morgan fingerprint density at radius 3 is 1.33 bits per heavy atom. The van der Waals surface area contributed by atoms with Crippen molar-refractivity contribution < 1.29 is 91.5 Å². The van der Waals surface area contributed by atoms with Gasteiger partial charge in [0.15, 0.2) is 19.7 Å². The average Bonchev–Trinajstić information content (AvgIpc) is 1.59. The van der Waals surface area contributed by atoms with Crippen LogP contribution in [0.3, 0.4) is 0 Å². The first-order valence-electron chi connectivity index (χ1n) is 52.2. The highest BCUT2D eigenvalue weighted by molar-refractivity contribution is 14.1. The summed E-state index contributed by atoms with van der Waals surface area (Å²) in [7, 11) is -14.1. The highest BCUT2D eigenvalue weighted by atomic mass is 127. The summed E-state index contributed by atoms with van der Waals surface area (Å²) in [6.07, 6.45) is 9.94. The molecule has 20 atom stereocenters. The van der Waals surface area contributed by atoms with Gasteiger partial charge in [0.25, 0.3) is 16.6 Å². The molecular weight excluding hydrogens is 2130 g/mol. The van der Waals surface area contributed by atoms with Gasteiger partial charge in [-0.3, -0.25) is 4.72 Å². The van der Waals surface area contributed by atoms with Crippen LogP contribution in [0.1, 0.15) is 198 Å². The summed E-state index contributed by atoms with van der Waals surface area (Å²) < 4.78 is 140. The minimum Gasteiger partial charge on any atom is -0.495 e. The summed E-state index contributed by atoms with van der Waals surface area (Å²) in [5, 5.41) is 29.3. The van der Waals surface area contributed by atoms with Crippen LogP contribution in [0.25, 0.3) is 0 Å². The maximum atomic E-state index is 13.6. The van der Waals surface area contributed by atoms with Crippen molar-refractivity contribution in [3.63, 3.8) is 0 Å². The second-order valence-corrected chi connectivity index (χ2v) is 59.9. The number of anilines is 1. The first kappa shape index (κ1) is 122. The summed E-state index contributed by atoms with van der Waals surface area (Å²) in [6, 6.07) is 67.0. The molecule has 0 spiro atoms. The molecule has 0 saturated carbocycles. The number of nitrogens with one attached hydrogen (secondary N) is 3. The van der Waals surface area contributed by atoms with Crippen molar-refractivity contribution in [2.45, 2.75) is 297 Å². The Morgan fingerprint density at radius 1 is 0.584 bits per heavy atom. The molecule has 7 aliphatic heterocycles. The number of aliphatic hydroxyl groups is 1. The summed E-state index contributed by atoms with van der Waals surface area (Å²) >= 11 is 15.9. The van der Waals surface area contributed by atoms with Gasteiger partial charge in [0.2, 0.25) is 15.9 Å². The molecule has 6 saturated heterocycles. The van der Waals surface area contributed by atoms with E-state index in [4.69, 9.17) is 75.2 Å². The number of aliphatic hydroxyl groups excluding tert-OH is 1. The van der Waals surface area contributed by atoms with Crippen LogP contribution in [0, 0.1) is 52.8 Å². The highest BCUT2D eigenvalue weighted by Gasteiger charge is 2.53. The van der Waals surface area contributed by atoms with E-state index in [9.17, 15) is 44.7 Å². The van der Waals surface area contributed by atoms with E-state index in [0.29, 0.717) is 85.9 Å². The van der Waals surface area contributed by atoms with Crippen molar-refractivity contribution in [3.05, 3.63) is 252 Å². The van der Waals surface area contributed by atoms with Gasteiger partial charge >= 0.3 is 12.2 Å². The van der Waals surface area contributed by atoms with Gasteiger partial charge < -0.3 is 67.3 Å². The van der Waals surface area contributed by atoms with Crippen LogP contribution >= 0.6 is 45.8 Å². The second kappa shape index (κ2) is 57.1. The van der Waals surface area contributed by atoms with Crippen LogP contribution in [0.2, 0.25) is 10.1 Å². The average molecular weight is 2290 g/mol. The van der Waals surface area contributed by atoms with E-state index in [1.807, 2.05) is 20.8 Å². The number of cyclic esters (lactones) is 2. The van der Waals surface area contributed by atoms with Crippen LogP contribution in [0.5, 0.6) is 5.75 Å². The maximum Gasteiger partial charge on any atom is 0.407 e. The molecule has 2 amide bonds. The van der Waals surface area contributed by atoms with Crippen LogP contribution in [0.15, 0.2) is 262 Å². The van der Waals surface area contributed by atoms with E-state index in [1.165, 1.54) is 43.9 Å². The van der Waals surface area contributed by atoms with Crippen molar-refractivity contribution >= 4 is 143 Å². The summed E-state index contributed by atoms with van der Waals surface area (Å²) in [4.78, 5) is 39.0. The monoisotopic (exact) mass is 2290 g/mol. The van der Waals surface area contributed by atoms with Crippen molar-refractivity contribution in [1.29, 1.82) is 5.26 Å². The molecule has 0 aliphatic carbocycles. The fourth-order valence-corrected chi connectivity index (χ4v) is 35.5. The first-order valence-corrected chi connectivity index (χ1v) is 63.1. The summed E-state index contributed by atoms with van der Waals surface area (Å²) in [5.41, 5.74) is 3.91. The number of alkyl carbamates (subject to hydrolysis) is 2. The number of aliphatic imine (C=N–C) groups is 1. The molecule has 149 heavy (non-hydrogen) atoms. The smallest absolute Gasteiger partial charge is 0.407 e. The molecule has 33 heteroatoms. The molecule has 7 aliphatic rings. The summed E-state index contributed by atoms with van der Waals surface area (Å²) in [6.45, 7) is 47.3. The lowest BCUT2D eigenvalue weighted by atomic mass is 9.84. The van der Waals surface area contributed by atoms with E-state index in [-0.39, 0.29) is 139 Å². The van der Waals surface area contributed by atoms with Crippen LogP contribution in [-0.4, -0.2) is 213 Å². The number of hydrogen-bond acceptors (Lipinski definition) is 22. The number of methoxy groups -OCH3 is 1. The number of benzene rings is 7. The zero-order chi connectivity index (χ0) is 109. The number of para-hydroxylation sites is 1. The predicted molar refractivity (Wildman–Crippen MR) is 609 cm³/mol. The number of sulfone groups is 2. The third-order valence-electron chi connectivity index (χ3n) is 29.4. The van der Waals surface area contributed by atoms with Crippen molar-refractivity contribution in [1.82, 2.24) is 10.6 Å². The topological polar surface area (TPSA) is 338 Å². The van der Waals surface area contributed by atoms with Gasteiger partial charge in [0, 0.05) is 68.4 Å². The second-order valence-electron chi connectivity index (χ2n) is 42.8. The number of allylic oxidation sites excluding steroid dienone is 1. The van der Waals surface area contributed by atoms with Crippen molar-refractivity contribution in [3.8, 4) is 11.8 Å². The van der Waals surface area contributed by atoms with E-state index >= 15 is 0 Å². The number of alkyl halides is 2. The Kier molecular flexibility index (Phi) is 47.0. The molecule has 4 N–H and O–H groups in total. The number of hydrogen-bond donors (Lipinski definition) is 4. The summed E-state index contributed by atoms with van der Waals surface area (Å²) in [5.74, 6) is 0.493. The fourth-order valence-electron chi connectivity index (χ4n) is 21.1. The molecule has 7 heterocycles. The number of sulfonamides is 1. The number of carbonyl (C=O) groups is 3. The molecule has 0 bridgehead atoms. The van der Waals surface area contributed by atoms with Gasteiger partial charge in [0.05, 0.1) is 120 Å². The van der Waals surface area contributed by atoms with Gasteiger partial charge in [-0.25, -0.2) is 39.8 Å². The SMILES string of the molecule is C=C(I)[C@H](C)C[C@@H](Cl)CC[C@@H]1O[C@@H](CCCO[Si](c2ccccc2)(c2ccccc2)C(C)(C)C)CC1=C.C=C([C@H](C)C[C@@H](Cl)CC[C@@H]1O[C@@H](CCCO[Si](c2ccccc2)(c2ccccc2)C(C)(C)C)CC1=C)[C@H](O)C[C@@H]1O[C@H](C[C@H]2CNC(=O)O2)[C@H](C)[C@H]1CS(=O)(=O)c1ccccc1.CC#N.COc1cccc(C2=N[C@@H](C(C)C)CO2)c1NS(C)(=O)=O.C[C@@H]1[C@@H](CS(=O)(=O)c2ccccc2)[C@H](CC=O)O[C@@H]1C[C@H]1CNC(=O)O1. The molecule has 7 aromatic carbocycles. The molecule has 0 aromatic heterocycles. The molecule has 814 valence electrons. The van der Waals surface area contributed by atoms with Gasteiger partial charge in [-0.1, -0.05) is 273 Å². The zero-order valence-corrected chi connectivity index (χ0v) is 97.4. The Bertz CT molecular complexity index is 5840. The maximum absolute atomic E-state index is 13.6. The number of nitriles is 1. The lowest BCUT2D eigenvalue weighted by molar-refractivity contribution is -0.110. The number of ether oxygens (including phenoxy) is 8. The minimum absolute atomic E-state index is 0.00177. The van der Waals surface area contributed by atoms with E-state index < -0.39 is 76.8 Å². The number of rotatable bonds is 46. The third kappa shape index (κ3) is 34.5. The van der Waals surface area contributed by atoms with E-state index in [2.05, 4.69) is 253 Å². The Morgan fingerprint density at radius 2 is 0.973 bits per heavy atom. The standard InChI is InChI=1S/C50H68ClNO8SSi.C32H44ClIO2Si.C18H23NO6S.C14H20N2O4S.C2H3N/c1-34(36(3)45(53)31-48-44(33-61(55,56)41-19-11-8-12-20-41)37(4)47(60-48)30-40-32-52-49(54)59-40)28-38(51)25-26-46-35(2)29-39(58-46)18-17-27-57-62(50(5,6)7,42-21-13-9-14-22-42)43-23-15-10-16-24-43;1-24(26(3)34)22-27(33)19-20-31-25(2)23-28(36-31)14-13-21-35-37(32(4,5)6,29-15-9-7-10-16-29)30-17-11-8-12-18-30;1-12-15(11-26(22,23)14-5-3-2-4-6-14)16(7-8-20)25-17(12)9-13-10-19-18(21)24-13;1-9(2)11-8-20-14(15-11)10-6-5-7-12(19-3)13(10)16-21(4,17)18;1-2-3/h8-16,19-24,34,37-40,44-48,53H,2-3,17-18,25-33H2,1,4-7H3,(H,52,54);7-12,15-18,24,27-28,31H,2-3,13-14,19-23H2,1,4-6H3;2-6,8,12-13,15-17H,7,9-11H2,1H3,(H,19,21);5-7,9,11,16H,8H2,1-4H3;1H3/t34-,37-,38+,39+,40+,44-,45-,46+,47-,48+;24-,27+,28+,31+;12-,13+,15-,16+,17-;11-;/m1111./s1. The molecule has 7 aromatic rings. The third-order valence-corrected chi connectivity index (χ3v) is 45.5. The Labute approximate surface area is 912 Å². The molecule has 25 nitrogen and oxygen atoms in total. The van der Waals surface area contributed by atoms with Crippen molar-refractivity contribution in [2.75, 3.05) is 62.5 Å². The van der Waals surface area contributed by atoms with Gasteiger partial charge in [0.1, 0.15) is 36.5 Å². The van der Waals surface area contributed by atoms with Gasteiger partial charge in [-0.15, -0.1) is 23.2 Å². The molecule has 0 radical (unpaired) electrons. The molecule has 6 fully saturated rings. The Balaban J connectivity index is 0.000000220. The number of amides is 2. The lowest BCUT2D eigenvalue weighted by Gasteiger charge is -2.43. The van der Waals surface area contributed by atoms with Gasteiger partial charge in [-0.05, 0) is 217 Å². The van der Waals surface area contributed by atoms with Crippen LogP contribution in [0.4, 0.5) is 15.3 Å². The number of aldehydes is 1. The quantitative estimate of drug-likeness (QED) is 0.00687. The van der Waals surface area contributed by atoms with E-state index in [0.717, 1.165) is 95.4 Å².